The van der Waals surface area contributed by atoms with Gasteiger partial charge in [0.2, 0.25) is 5.91 Å². The molecule has 0 heterocycles. The summed E-state index contributed by atoms with van der Waals surface area (Å²) in [5.74, 6) is -0.204. The minimum absolute atomic E-state index is 0.204. The van der Waals surface area contributed by atoms with E-state index >= 15 is 0 Å². The molecule has 0 saturated carbocycles. The lowest BCUT2D eigenvalue weighted by Gasteiger charge is -2.26. The summed E-state index contributed by atoms with van der Waals surface area (Å²) in [6.07, 6.45) is 5.82. The Hall–Kier alpha value is -2.56. The summed E-state index contributed by atoms with van der Waals surface area (Å²) < 4.78 is 5.27. The highest BCUT2D eigenvalue weighted by molar-refractivity contribution is 5.86. The SMILES string of the molecule is C=CC[C@H](NC(=O)OC(C)(C)C)C(=O)N(C=CCC)Cc1ccccc1. The van der Waals surface area contributed by atoms with E-state index in [1.165, 1.54) is 0 Å². The van der Waals surface area contributed by atoms with Crippen LogP contribution in [0.4, 0.5) is 4.79 Å². The molecule has 0 fully saturated rings. The number of rotatable bonds is 8. The van der Waals surface area contributed by atoms with Gasteiger partial charge in [0.25, 0.3) is 0 Å². The van der Waals surface area contributed by atoms with Gasteiger partial charge in [-0.3, -0.25) is 4.79 Å². The maximum Gasteiger partial charge on any atom is 0.408 e. The molecule has 0 aliphatic carbocycles. The molecule has 1 aromatic carbocycles. The van der Waals surface area contributed by atoms with Gasteiger partial charge in [-0.25, -0.2) is 4.79 Å². The van der Waals surface area contributed by atoms with E-state index in [4.69, 9.17) is 4.74 Å². The summed E-state index contributed by atoms with van der Waals surface area (Å²) >= 11 is 0. The monoisotopic (exact) mass is 358 g/mol. The van der Waals surface area contributed by atoms with E-state index < -0.39 is 17.7 Å². The summed E-state index contributed by atoms with van der Waals surface area (Å²) in [6, 6.07) is 8.99. The number of benzene rings is 1. The van der Waals surface area contributed by atoms with E-state index in [-0.39, 0.29) is 5.91 Å². The second kappa shape index (κ2) is 10.4. The van der Waals surface area contributed by atoms with Crippen LogP contribution in [-0.2, 0) is 16.1 Å². The normalized spacial score (nSPS) is 12.5. The number of alkyl carbamates (subject to hydrolysis) is 1. The van der Waals surface area contributed by atoms with Crippen molar-refractivity contribution in [1.82, 2.24) is 10.2 Å². The highest BCUT2D eigenvalue weighted by Crippen LogP contribution is 2.11. The fourth-order valence-electron chi connectivity index (χ4n) is 2.25. The maximum absolute atomic E-state index is 13.0. The lowest BCUT2D eigenvalue weighted by molar-refractivity contribution is -0.131. The van der Waals surface area contributed by atoms with Crippen LogP contribution in [0.3, 0.4) is 0 Å². The second-order valence-electron chi connectivity index (χ2n) is 6.97. The van der Waals surface area contributed by atoms with E-state index in [1.807, 2.05) is 43.3 Å². The second-order valence-corrected chi connectivity index (χ2v) is 6.97. The summed E-state index contributed by atoms with van der Waals surface area (Å²) in [6.45, 7) is 11.5. The number of hydrogen-bond donors (Lipinski definition) is 1. The van der Waals surface area contributed by atoms with Crippen LogP contribution in [0.5, 0.6) is 0 Å². The highest BCUT2D eigenvalue weighted by Gasteiger charge is 2.26. The van der Waals surface area contributed by atoms with E-state index in [9.17, 15) is 9.59 Å². The largest absolute Gasteiger partial charge is 0.444 e. The Morgan fingerprint density at radius 1 is 1.27 bits per heavy atom. The topological polar surface area (TPSA) is 58.6 Å². The third-order valence-corrected chi connectivity index (χ3v) is 3.39. The first-order valence-electron chi connectivity index (χ1n) is 8.88. The Morgan fingerprint density at radius 3 is 2.46 bits per heavy atom. The predicted octanol–water partition coefficient (Wildman–Crippen LogP) is 4.41. The lowest BCUT2D eigenvalue weighted by atomic mass is 10.1. The van der Waals surface area contributed by atoms with Crippen LogP contribution >= 0.6 is 0 Å². The van der Waals surface area contributed by atoms with Crippen LogP contribution in [0.15, 0.2) is 55.3 Å². The van der Waals surface area contributed by atoms with Gasteiger partial charge in [0.15, 0.2) is 0 Å². The number of amides is 2. The van der Waals surface area contributed by atoms with E-state index in [0.717, 1.165) is 12.0 Å². The summed E-state index contributed by atoms with van der Waals surface area (Å²) in [7, 11) is 0. The van der Waals surface area contributed by atoms with Crippen LogP contribution in [0.25, 0.3) is 0 Å². The highest BCUT2D eigenvalue weighted by atomic mass is 16.6. The van der Waals surface area contributed by atoms with Gasteiger partial charge in [-0.15, -0.1) is 6.58 Å². The quantitative estimate of drug-likeness (QED) is 0.700. The van der Waals surface area contributed by atoms with Crippen molar-refractivity contribution in [3.63, 3.8) is 0 Å². The molecule has 1 atom stereocenters. The molecule has 5 heteroatoms. The smallest absolute Gasteiger partial charge is 0.408 e. The minimum Gasteiger partial charge on any atom is -0.444 e. The Labute approximate surface area is 156 Å². The van der Waals surface area contributed by atoms with Crippen molar-refractivity contribution in [3.05, 3.63) is 60.8 Å². The summed E-state index contributed by atoms with van der Waals surface area (Å²) in [5, 5.41) is 2.66. The van der Waals surface area contributed by atoms with Gasteiger partial charge in [-0.1, -0.05) is 49.4 Å². The number of carbonyl (C=O) groups is 2. The van der Waals surface area contributed by atoms with Gasteiger partial charge in [0.05, 0.1) is 6.54 Å². The molecule has 0 aliphatic heterocycles. The number of nitrogens with zero attached hydrogens (tertiary/aromatic N) is 1. The number of nitrogens with one attached hydrogen (secondary N) is 1. The Balaban J connectivity index is 2.93. The molecule has 0 radical (unpaired) electrons. The molecule has 5 nitrogen and oxygen atoms in total. The minimum atomic E-state index is -0.729. The summed E-state index contributed by atoms with van der Waals surface area (Å²) in [5.41, 5.74) is 0.383. The van der Waals surface area contributed by atoms with Crippen LogP contribution in [0, 0.1) is 0 Å². The van der Waals surface area contributed by atoms with Crippen molar-refractivity contribution in [2.45, 2.75) is 58.7 Å². The average Bonchev–Trinajstić information content (AvgIpc) is 2.57. The average molecular weight is 358 g/mol. The number of hydrogen-bond acceptors (Lipinski definition) is 3. The van der Waals surface area contributed by atoms with Crippen molar-refractivity contribution >= 4 is 12.0 Å². The van der Waals surface area contributed by atoms with Gasteiger partial charge >= 0.3 is 6.09 Å². The molecule has 1 rings (SSSR count). The van der Waals surface area contributed by atoms with E-state index in [2.05, 4.69) is 11.9 Å². The van der Waals surface area contributed by atoms with Crippen LogP contribution in [0.2, 0.25) is 0 Å². The maximum atomic E-state index is 13.0. The third kappa shape index (κ3) is 8.01. The first-order chi connectivity index (χ1) is 12.3. The van der Waals surface area contributed by atoms with E-state index in [0.29, 0.717) is 13.0 Å². The molecule has 0 aliphatic rings. The first-order valence-corrected chi connectivity index (χ1v) is 8.88. The standard InChI is InChI=1S/C21H30N2O3/c1-6-8-15-23(16-17-13-10-9-11-14-17)19(24)18(12-7-2)22-20(25)26-21(3,4)5/h7-11,13-15,18H,2,6,12,16H2,1,3-5H3,(H,22,25)/t18-/m0/s1. The van der Waals surface area contributed by atoms with Gasteiger partial charge in [0, 0.05) is 6.20 Å². The zero-order chi connectivity index (χ0) is 19.6. The molecular weight excluding hydrogens is 328 g/mol. The Bertz CT molecular complexity index is 618. The summed E-state index contributed by atoms with van der Waals surface area (Å²) in [4.78, 5) is 26.7. The molecule has 2 amide bonds. The van der Waals surface area contributed by atoms with Crippen molar-refractivity contribution in [1.29, 1.82) is 0 Å². The van der Waals surface area contributed by atoms with Gasteiger partial charge in [-0.05, 0) is 39.2 Å². The lowest BCUT2D eigenvalue weighted by Crippen LogP contribution is -2.48. The van der Waals surface area contributed by atoms with Crippen LogP contribution in [0.1, 0.15) is 46.1 Å². The molecule has 0 saturated heterocycles. The van der Waals surface area contributed by atoms with Crippen molar-refractivity contribution in [3.8, 4) is 0 Å². The molecule has 1 N–H and O–H groups in total. The van der Waals surface area contributed by atoms with Crippen LogP contribution in [-0.4, -0.2) is 28.5 Å². The van der Waals surface area contributed by atoms with Gasteiger partial charge in [-0.2, -0.15) is 0 Å². The third-order valence-electron chi connectivity index (χ3n) is 3.39. The molecule has 0 bridgehead atoms. The number of allylic oxidation sites excluding steroid dienone is 1. The molecule has 0 unspecified atom stereocenters. The zero-order valence-electron chi connectivity index (χ0n) is 16.2. The zero-order valence-corrected chi connectivity index (χ0v) is 16.2. The number of ether oxygens (including phenoxy) is 1. The molecule has 0 spiro atoms. The molecule has 1 aromatic rings. The fraction of sp³-hybridized carbons (Fsp3) is 0.429. The first kappa shape index (κ1) is 21.5. The van der Waals surface area contributed by atoms with Crippen LogP contribution < -0.4 is 5.32 Å². The Kier molecular flexibility index (Phi) is 8.62. The Morgan fingerprint density at radius 2 is 1.92 bits per heavy atom. The predicted molar refractivity (Wildman–Crippen MR) is 104 cm³/mol. The van der Waals surface area contributed by atoms with Crippen molar-refractivity contribution in [2.75, 3.05) is 0 Å². The molecule has 26 heavy (non-hydrogen) atoms. The van der Waals surface area contributed by atoms with Crippen molar-refractivity contribution < 1.29 is 14.3 Å². The van der Waals surface area contributed by atoms with Gasteiger partial charge in [0.1, 0.15) is 11.6 Å². The van der Waals surface area contributed by atoms with Gasteiger partial charge < -0.3 is 15.0 Å². The molecule has 0 aromatic heterocycles. The fourth-order valence-corrected chi connectivity index (χ4v) is 2.25. The van der Waals surface area contributed by atoms with E-state index in [1.54, 1.807) is 37.9 Å². The molecule has 142 valence electrons. The van der Waals surface area contributed by atoms with Crippen molar-refractivity contribution in [2.24, 2.45) is 0 Å². The molecular formula is C21H30N2O3. The number of carbonyl (C=O) groups excluding carboxylic acids is 2.